The SMILES string of the molecule is CCCN1C[C@@H](NC(=O)Nc2cccc3ncccc23)CC1=O. The van der Waals surface area contributed by atoms with Gasteiger partial charge in [-0.15, -0.1) is 0 Å². The van der Waals surface area contributed by atoms with Crippen LogP contribution in [0.1, 0.15) is 19.8 Å². The van der Waals surface area contributed by atoms with Crippen molar-refractivity contribution in [1.29, 1.82) is 0 Å². The highest BCUT2D eigenvalue weighted by Gasteiger charge is 2.29. The van der Waals surface area contributed by atoms with E-state index >= 15 is 0 Å². The fourth-order valence-corrected chi connectivity index (χ4v) is 2.91. The Bertz CT molecular complexity index is 726. The van der Waals surface area contributed by atoms with E-state index in [1.807, 2.05) is 37.3 Å². The standard InChI is InChI=1S/C17H20N4O2/c1-2-9-21-11-12(10-16(21)22)19-17(23)20-15-7-3-6-14-13(15)5-4-8-18-14/h3-8,12H,2,9-11H2,1H3,(H2,19,20,23)/t12-/m0/s1. The molecule has 3 amide bonds. The van der Waals surface area contributed by atoms with Gasteiger partial charge in [-0.25, -0.2) is 4.79 Å². The second-order valence-corrected chi connectivity index (χ2v) is 5.71. The van der Waals surface area contributed by atoms with E-state index in [4.69, 9.17) is 0 Å². The molecule has 2 aromatic rings. The lowest BCUT2D eigenvalue weighted by Gasteiger charge is -2.16. The van der Waals surface area contributed by atoms with Crippen LogP contribution in [-0.2, 0) is 4.79 Å². The van der Waals surface area contributed by atoms with Gasteiger partial charge in [0, 0.05) is 31.1 Å². The molecule has 1 aromatic heterocycles. The molecule has 0 saturated carbocycles. The third kappa shape index (κ3) is 3.41. The zero-order chi connectivity index (χ0) is 16.2. The molecule has 1 aromatic carbocycles. The van der Waals surface area contributed by atoms with Crippen LogP contribution in [0.25, 0.3) is 10.9 Å². The zero-order valence-electron chi connectivity index (χ0n) is 13.1. The predicted octanol–water partition coefficient (Wildman–Crippen LogP) is 2.37. The van der Waals surface area contributed by atoms with E-state index < -0.39 is 0 Å². The predicted molar refractivity (Wildman–Crippen MR) is 89.2 cm³/mol. The van der Waals surface area contributed by atoms with Crippen molar-refractivity contribution >= 4 is 28.5 Å². The van der Waals surface area contributed by atoms with Gasteiger partial charge in [-0.2, -0.15) is 0 Å². The number of fused-ring (bicyclic) bond motifs is 1. The van der Waals surface area contributed by atoms with Gasteiger partial charge >= 0.3 is 6.03 Å². The van der Waals surface area contributed by atoms with Crippen LogP contribution < -0.4 is 10.6 Å². The van der Waals surface area contributed by atoms with Gasteiger partial charge in [-0.05, 0) is 30.7 Å². The fourth-order valence-electron chi connectivity index (χ4n) is 2.91. The molecule has 0 radical (unpaired) electrons. The first-order valence-electron chi connectivity index (χ1n) is 7.86. The van der Waals surface area contributed by atoms with Crippen LogP contribution >= 0.6 is 0 Å². The van der Waals surface area contributed by atoms with Crippen LogP contribution in [-0.4, -0.2) is 41.0 Å². The molecule has 1 saturated heterocycles. The molecule has 1 aliphatic rings. The molecule has 3 rings (SSSR count). The first kappa shape index (κ1) is 15.3. The molecule has 0 aliphatic carbocycles. The molecular weight excluding hydrogens is 292 g/mol. The summed E-state index contributed by atoms with van der Waals surface area (Å²) in [6, 6.07) is 8.92. The molecule has 120 valence electrons. The summed E-state index contributed by atoms with van der Waals surface area (Å²) in [5.41, 5.74) is 1.54. The van der Waals surface area contributed by atoms with E-state index in [9.17, 15) is 9.59 Å². The number of nitrogens with zero attached hydrogens (tertiary/aromatic N) is 2. The molecule has 6 nitrogen and oxygen atoms in total. The number of nitrogens with one attached hydrogen (secondary N) is 2. The molecule has 0 unspecified atom stereocenters. The van der Waals surface area contributed by atoms with Gasteiger partial charge < -0.3 is 15.5 Å². The third-order valence-corrected chi connectivity index (χ3v) is 3.94. The molecule has 2 N–H and O–H groups in total. The van der Waals surface area contributed by atoms with Crippen molar-refractivity contribution in [1.82, 2.24) is 15.2 Å². The Labute approximate surface area is 134 Å². The minimum Gasteiger partial charge on any atom is -0.341 e. The van der Waals surface area contributed by atoms with Crippen LogP contribution in [0, 0.1) is 0 Å². The first-order valence-corrected chi connectivity index (χ1v) is 7.86. The smallest absolute Gasteiger partial charge is 0.319 e. The number of rotatable bonds is 4. The highest BCUT2D eigenvalue weighted by atomic mass is 16.2. The van der Waals surface area contributed by atoms with Crippen molar-refractivity contribution < 1.29 is 9.59 Å². The van der Waals surface area contributed by atoms with Crippen molar-refractivity contribution in [3.63, 3.8) is 0 Å². The number of likely N-dealkylation sites (tertiary alicyclic amines) is 1. The molecule has 23 heavy (non-hydrogen) atoms. The van der Waals surface area contributed by atoms with Crippen LogP contribution in [0.2, 0.25) is 0 Å². The maximum Gasteiger partial charge on any atom is 0.319 e. The summed E-state index contributed by atoms with van der Waals surface area (Å²) < 4.78 is 0. The van der Waals surface area contributed by atoms with Crippen molar-refractivity contribution in [2.24, 2.45) is 0 Å². The lowest BCUT2D eigenvalue weighted by Crippen LogP contribution is -2.39. The van der Waals surface area contributed by atoms with Crippen LogP contribution in [0.3, 0.4) is 0 Å². The van der Waals surface area contributed by atoms with E-state index in [0.717, 1.165) is 23.9 Å². The Balaban J connectivity index is 1.64. The topological polar surface area (TPSA) is 74.3 Å². The molecule has 0 bridgehead atoms. The summed E-state index contributed by atoms with van der Waals surface area (Å²) in [6.45, 7) is 3.36. The molecule has 1 atom stereocenters. The van der Waals surface area contributed by atoms with Crippen molar-refractivity contribution in [3.05, 3.63) is 36.5 Å². The molecule has 1 fully saturated rings. The summed E-state index contributed by atoms with van der Waals surface area (Å²) >= 11 is 0. The summed E-state index contributed by atoms with van der Waals surface area (Å²) in [5, 5.41) is 6.62. The Morgan fingerprint density at radius 1 is 1.35 bits per heavy atom. The average Bonchev–Trinajstić information content (AvgIpc) is 2.87. The van der Waals surface area contributed by atoms with Gasteiger partial charge in [-0.1, -0.05) is 13.0 Å². The van der Waals surface area contributed by atoms with Crippen molar-refractivity contribution in [3.8, 4) is 0 Å². The minimum atomic E-state index is -0.294. The summed E-state index contributed by atoms with van der Waals surface area (Å²) in [7, 11) is 0. The quantitative estimate of drug-likeness (QED) is 0.910. The number of amides is 3. The van der Waals surface area contributed by atoms with Gasteiger partial charge in [0.2, 0.25) is 5.91 Å². The molecule has 2 heterocycles. The number of anilines is 1. The third-order valence-electron chi connectivity index (χ3n) is 3.94. The number of carbonyl (C=O) groups excluding carboxylic acids is 2. The fraction of sp³-hybridized carbons (Fsp3) is 0.353. The Kier molecular flexibility index (Phi) is 4.41. The maximum atomic E-state index is 12.2. The Morgan fingerprint density at radius 2 is 2.22 bits per heavy atom. The zero-order valence-corrected chi connectivity index (χ0v) is 13.1. The number of hydrogen-bond donors (Lipinski definition) is 2. The lowest BCUT2D eigenvalue weighted by molar-refractivity contribution is -0.127. The average molecular weight is 312 g/mol. The van der Waals surface area contributed by atoms with E-state index in [2.05, 4.69) is 15.6 Å². The molecule has 0 spiro atoms. The van der Waals surface area contributed by atoms with Gasteiger partial charge in [0.1, 0.15) is 0 Å². The van der Waals surface area contributed by atoms with Crippen LogP contribution in [0.15, 0.2) is 36.5 Å². The van der Waals surface area contributed by atoms with E-state index in [1.165, 1.54) is 0 Å². The lowest BCUT2D eigenvalue weighted by atomic mass is 10.2. The number of pyridine rings is 1. The minimum absolute atomic E-state index is 0.103. The summed E-state index contributed by atoms with van der Waals surface area (Å²) in [5.74, 6) is 0.103. The second kappa shape index (κ2) is 6.64. The van der Waals surface area contributed by atoms with E-state index in [1.54, 1.807) is 11.1 Å². The number of aromatic nitrogens is 1. The van der Waals surface area contributed by atoms with Gasteiger partial charge in [0.05, 0.1) is 17.2 Å². The Hall–Kier alpha value is -2.63. The molecule has 1 aliphatic heterocycles. The van der Waals surface area contributed by atoms with Gasteiger partial charge in [0.25, 0.3) is 0 Å². The highest BCUT2D eigenvalue weighted by Crippen LogP contribution is 2.21. The number of urea groups is 1. The number of carbonyl (C=O) groups is 2. The van der Waals surface area contributed by atoms with Crippen molar-refractivity contribution in [2.75, 3.05) is 18.4 Å². The molecule has 6 heteroatoms. The normalized spacial score (nSPS) is 17.5. The largest absolute Gasteiger partial charge is 0.341 e. The maximum absolute atomic E-state index is 12.2. The second-order valence-electron chi connectivity index (χ2n) is 5.71. The summed E-state index contributed by atoms with van der Waals surface area (Å²) in [4.78, 5) is 30.1. The summed E-state index contributed by atoms with van der Waals surface area (Å²) in [6.07, 6.45) is 3.01. The number of benzene rings is 1. The van der Waals surface area contributed by atoms with E-state index in [0.29, 0.717) is 18.7 Å². The van der Waals surface area contributed by atoms with Crippen LogP contribution in [0.5, 0.6) is 0 Å². The van der Waals surface area contributed by atoms with Gasteiger partial charge in [-0.3, -0.25) is 9.78 Å². The van der Waals surface area contributed by atoms with E-state index in [-0.39, 0.29) is 18.0 Å². The highest BCUT2D eigenvalue weighted by molar-refractivity contribution is 6.00. The first-order chi connectivity index (χ1) is 11.2. The monoisotopic (exact) mass is 312 g/mol. The van der Waals surface area contributed by atoms with Gasteiger partial charge in [0.15, 0.2) is 0 Å². The van der Waals surface area contributed by atoms with Crippen LogP contribution in [0.4, 0.5) is 10.5 Å². The number of hydrogen-bond acceptors (Lipinski definition) is 3. The van der Waals surface area contributed by atoms with Crippen molar-refractivity contribution in [2.45, 2.75) is 25.8 Å². The molecular formula is C17H20N4O2. The Morgan fingerprint density at radius 3 is 3.04 bits per heavy atom.